The lowest BCUT2D eigenvalue weighted by Crippen LogP contribution is -2.50. The zero-order valence-electron chi connectivity index (χ0n) is 16.5. The lowest BCUT2D eigenvalue weighted by molar-refractivity contribution is -0.134. The Kier molecular flexibility index (Phi) is 6.65. The van der Waals surface area contributed by atoms with E-state index in [1.54, 1.807) is 18.1 Å². The highest BCUT2D eigenvalue weighted by atomic mass is 16.2. The lowest BCUT2D eigenvalue weighted by Gasteiger charge is -2.36. The van der Waals surface area contributed by atoms with Gasteiger partial charge in [0, 0.05) is 65.6 Å². The topological polar surface area (TPSA) is 82.5 Å². The van der Waals surface area contributed by atoms with Crippen molar-refractivity contribution in [3.8, 4) is 0 Å². The van der Waals surface area contributed by atoms with E-state index in [2.05, 4.69) is 15.6 Å². The molecule has 1 saturated heterocycles. The number of urea groups is 1. The van der Waals surface area contributed by atoms with Crippen LogP contribution in [0.1, 0.15) is 23.9 Å². The number of benzene rings is 1. The van der Waals surface area contributed by atoms with Crippen LogP contribution in [0.25, 0.3) is 0 Å². The molecule has 3 amide bonds. The molecule has 0 bridgehead atoms. The minimum Gasteiger partial charge on any atom is -0.337 e. The number of carbonyl (C=O) groups is 2. The highest BCUT2D eigenvalue weighted by Crippen LogP contribution is 2.21. The molecule has 1 aromatic carbocycles. The average Bonchev–Trinajstić information content (AvgIpc) is 3.14. The molecule has 1 aromatic heterocycles. The number of nitrogens with one attached hydrogen (secondary N) is 2. The van der Waals surface area contributed by atoms with E-state index in [0.717, 1.165) is 17.9 Å². The number of amides is 3. The molecule has 1 fully saturated rings. The van der Waals surface area contributed by atoms with Crippen LogP contribution in [0, 0.1) is 0 Å². The molecule has 1 aliphatic rings. The maximum Gasteiger partial charge on any atom is 0.317 e. The average molecular weight is 384 g/mol. The van der Waals surface area contributed by atoms with E-state index >= 15 is 0 Å². The number of aromatic nitrogens is 2. The third-order valence-electron chi connectivity index (χ3n) is 4.94. The molecule has 2 aromatic rings. The van der Waals surface area contributed by atoms with Crippen molar-refractivity contribution in [2.75, 3.05) is 33.2 Å². The molecule has 2 heterocycles. The first-order valence-corrected chi connectivity index (χ1v) is 9.56. The molecule has 1 aliphatic heterocycles. The normalized spacial score (nSPS) is 16.6. The van der Waals surface area contributed by atoms with E-state index in [1.165, 1.54) is 0 Å². The second-order valence-corrected chi connectivity index (χ2v) is 7.03. The van der Waals surface area contributed by atoms with Gasteiger partial charge in [0.15, 0.2) is 0 Å². The zero-order valence-corrected chi connectivity index (χ0v) is 16.5. The number of nitrogens with zero attached hydrogens (tertiary/aromatic N) is 4. The molecule has 3 rings (SSSR count). The number of rotatable bonds is 6. The van der Waals surface area contributed by atoms with Crippen molar-refractivity contribution in [1.29, 1.82) is 0 Å². The second kappa shape index (κ2) is 9.36. The lowest BCUT2D eigenvalue weighted by atomic mass is 10.1. The number of aryl methyl sites for hydroxylation is 1. The molecule has 28 heavy (non-hydrogen) atoms. The molecule has 150 valence electrons. The Balaban J connectivity index is 1.49. The second-order valence-electron chi connectivity index (χ2n) is 7.03. The van der Waals surface area contributed by atoms with Crippen molar-refractivity contribution >= 4 is 11.9 Å². The maximum absolute atomic E-state index is 12.8. The van der Waals surface area contributed by atoms with Crippen molar-refractivity contribution in [2.45, 2.75) is 19.0 Å². The molecule has 0 saturated carbocycles. The summed E-state index contributed by atoms with van der Waals surface area (Å²) >= 11 is 0. The Morgan fingerprint density at radius 1 is 1.32 bits per heavy atom. The van der Waals surface area contributed by atoms with Gasteiger partial charge in [-0.15, -0.1) is 0 Å². The van der Waals surface area contributed by atoms with Gasteiger partial charge in [-0.25, -0.2) is 9.78 Å². The van der Waals surface area contributed by atoms with Crippen LogP contribution < -0.4 is 10.6 Å². The van der Waals surface area contributed by atoms with Gasteiger partial charge in [-0.2, -0.15) is 0 Å². The van der Waals surface area contributed by atoms with Gasteiger partial charge in [0.05, 0.1) is 0 Å². The Bertz CT molecular complexity index is 791. The first kappa shape index (κ1) is 19.9. The van der Waals surface area contributed by atoms with Crippen molar-refractivity contribution < 1.29 is 9.59 Å². The smallest absolute Gasteiger partial charge is 0.317 e. The van der Waals surface area contributed by atoms with Gasteiger partial charge in [-0.1, -0.05) is 30.3 Å². The fraction of sp³-hybridized carbons (Fsp3) is 0.450. The molecular formula is C20H28N6O2. The Morgan fingerprint density at radius 2 is 2.11 bits per heavy atom. The van der Waals surface area contributed by atoms with Gasteiger partial charge in [-0.05, 0) is 5.56 Å². The van der Waals surface area contributed by atoms with Crippen LogP contribution in [0.3, 0.4) is 0 Å². The van der Waals surface area contributed by atoms with E-state index in [-0.39, 0.29) is 24.4 Å². The summed E-state index contributed by atoms with van der Waals surface area (Å²) in [6.07, 6.45) is 3.90. The van der Waals surface area contributed by atoms with E-state index in [0.29, 0.717) is 26.2 Å². The summed E-state index contributed by atoms with van der Waals surface area (Å²) in [4.78, 5) is 32.9. The van der Waals surface area contributed by atoms with Crippen LogP contribution in [0.2, 0.25) is 0 Å². The number of imidazole rings is 1. The SMILES string of the molecule is CN(Cc1ccccc1)C(=O)NCCC(=O)N1CCNCC1c1nccn1C. The third kappa shape index (κ3) is 4.89. The molecule has 0 spiro atoms. The standard InChI is InChI=1S/C20H28N6O2/c1-24-12-11-22-19(24)17-14-21-10-13-26(17)18(27)8-9-23-20(28)25(2)15-16-6-4-3-5-7-16/h3-7,11-12,17,21H,8-10,13-15H2,1-2H3,(H,23,28). The van der Waals surface area contributed by atoms with Gasteiger partial charge in [0.1, 0.15) is 11.9 Å². The number of hydrogen-bond donors (Lipinski definition) is 2. The zero-order chi connectivity index (χ0) is 19.9. The van der Waals surface area contributed by atoms with E-state index in [4.69, 9.17) is 0 Å². The molecule has 2 N–H and O–H groups in total. The van der Waals surface area contributed by atoms with Crippen LogP contribution >= 0.6 is 0 Å². The first-order chi connectivity index (χ1) is 13.6. The summed E-state index contributed by atoms with van der Waals surface area (Å²) in [6.45, 7) is 2.92. The summed E-state index contributed by atoms with van der Waals surface area (Å²) in [5, 5.41) is 6.16. The predicted molar refractivity (Wildman–Crippen MR) is 106 cm³/mol. The summed E-state index contributed by atoms with van der Waals surface area (Å²) in [5.74, 6) is 0.896. The number of hydrogen-bond acceptors (Lipinski definition) is 4. The largest absolute Gasteiger partial charge is 0.337 e. The van der Waals surface area contributed by atoms with Gasteiger partial charge in [-0.3, -0.25) is 4.79 Å². The summed E-state index contributed by atoms with van der Waals surface area (Å²) < 4.78 is 1.94. The molecule has 1 atom stereocenters. The van der Waals surface area contributed by atoms with Crippen LogP contribution in [0.15, 0.2) is 42.7 Å². The third-order valence-corrected chi connectivity index (χ3v) is 4.94. The summed E-state index contributed by atoms with van der Waals surface area (Å²) in [6, 6.07) is 9.54. The summed E-state index contributed by atoms with van der Waals surface area (Å²) in [5.41, 5.74) is 1.06. The number of piperazine rings is 1. The molecule has 1 unspecified atom stereocenters. The van der Waals surface area contributed by atoms with Gasteiger partial charge >= 0.3 is 6.03 Å². The van der Waals surface area contributed by atoms with Crippen LogP contribution in [0.5, 0.6) is 0 Å². The monoisotopic (exact) mass is 384 g/mol. The van der Waals surface area contributed by atoms with Gasteiger partial charge < -0.3 is 25.0 Å². The molecule has 0 radical (unpaired) electrons. The van der Waals surface area contributed by atoms with E-state index < -0.39 is 0 Å². The number of carbonyl (C=O) groups excluding carboxylic acids is 2. The van der Waals surface area contributed by atoms with E-state index in [1.807, 2.05) is 53.0 Å². The Morgan fingerprint density at radius 3 is 2.82 bits per heavy atom. The minimum absolute atomic E-state index is 0.0283. The highest BCUT2D eigenvalue weighted by Gasteiger charge is 2.30. The maximum atomic E-state index is 12.8. The van der Waals surface area contributed by atoms with Crippen molar-refractivity contribution in [2.24, 2.45) is 7.05 Å². The molecule has 0 aliphatic carbocycles. The minimum atomic E-state index is -0.183. The van der Waals surface area contributed by atoms with Crippen molar-refractivity contribution in [3.05, 3.63) is 54.1 Å². The predicted octanol–water partition coefficient (Wildman–Crippen LogP) is 1.12. The highest BCUT2D eigenvalue weighted by molar-refractivity contribution is 5.78. The van der Waals surface area contributed by atoms with Crippen molar-refractivity contribution in [1.82, 2.24) is 30.0 Å². The van der Waals surface area contributed by atoms with Crippen molar-refractivity contribution in [3.63, 3.8) is 0 Å². The molecular weight excluding hydrogens is 356 g/mol. The Labute approximate surface area is 165 Å². The quantitative estimate of drug-likeness (QED) is 0.782. The fourth-order valence-electron chi connectivity index (χ4n) is 3.42. The molecule has 8 heteroatoms. The van der Waals surface area contributed by atoms with Gasteiger partial charge in [0.25, 0.3) is 0 Å². The van der Waals surface area contributed by atoms with E-state index in [9.17, 15) is 9.59 Å². The van der Waals surface area contributed by atoms with Crippen LogP contribution in [0.4, 0.5) is 4.79 Å². The first-order valence-electron chi connectivity index (χ1n) is 9.56. The van der Waals surface area contributed by atoms with Crippen LogP contribution in [-0.4, -0.2) is 64.5 Å². The Hall–Kier alpha value is -2.87. The fourth-order valence-corrected chi connectivity index (χ4v) is 3.42. The summed E-state index contributed by atoms with van der Waals surface area (Å²) in [7, 11) is 3.68. The van der Waals surface area contributed by atoms with Crippen LogP contribution in [-0.2, 0) is 18.4 Å². The molecule has 8 nitrogen and oxygen atoms in total. The van der Waals surface area contributed by atoms with Gasteiger partial charge in [0.2, 0.25) is 5.91 Å².